The summed E-state index contributed by atoms with van der Waals surface area (Å²) in [7, 11) is -3.64. The molecule has 0 saturated heterocycles. The maximum absolute atomic E-state index is 13.2. The molecule has 0 aliphatic heterocycles. The molecule has 8 nitrogen and oxygen atoms in total. The van der Waals surface area contributed by atoms with Gasteiger partial charge < -0.3 is 14.8 Å². The SMILES string of the molecule is CC(C=O)N(Nc1cccc(S(C)(=O)=O)c1NCc1ccc(F)cc1)C(=O)OC(C)(C)C. The summed E-state index contributed by atoms with van der Waals surface area (Å²) in [5.41, 5.74) is 3.17. The molecule has 0 spiro atoms. The standard InChI is InChI=1S/C22H28FN3O5S/c1-15(14-27)26(21(28)31-22(2,3)4)25-18-7-6-8-19(32(5,29)30)20(18)24-13-16-9-11-17(23)12-10-16/h6-12,14-15,24-25H,13H2,1-5H3. The molecule has 10 heteroatoms. The fourth-order valence-electron chi connectivity index (χ4n) is 2.72. The lowest BCUT2D eigenvalue weighted by molar-refractivity contribution is -0.111. The molecule has 0 aliphatic rings. The van der Waals surface area contributed by atoms with E-state index in [1.165, 1.54) is 31.2 Å². The van der Waals surface area contributed by atoms with Crippen molar-refractivity contribution >= 4 is 33.6 Å². The maximum atomic E-state index is 13.2. The molecule has 1 amide bonds. The molecule has 32 heavy (non-hydrogen) atoms. The summed E-state index contributed by atoms with van der Waals surface area (Å²) in [6, 6.07) is 9.34. The zero-order valence-corrected chi connectivity index (χ0v) is 19.5. The lowest BCUT2D eigenvalue weighted by Crippen LogP contribution is -2.46. The smallest absolute Gasteiger partial charge is 0.429 e. The van der Waals surface area contributed by atoms with Crippen LogP contribution in [-0.4, -0.2) is 43.7 Å². The zero-order valence-electron chi connectivity index (χ0n) is 18.7. The number of nitrogens with one attached hydrogen (secondary N) is 2. The second-order valence-electron chi connectivity index (χ2n) is 8.27. The molecule has 0 saturated carbocycles. The molecule has 0 radical (unpaired) electrons. The Morgan fingerprint density at radius 3 is 2.34 bits per heavy atom. The fraction of sp³-hybridized carbons (Fsp3) is 0.364. The highest BCUT2D eigenvalue weighted by Crippen LogP contribution is 2.31. The van der Waals surface area contributed by atoms with Crippen molar-refractivity contribution in [2.45, 2.75) is 50.8 Å². The summed E-state index contributed by atoms with van der Waals surface area (Å²) in [5.74, 6) is -0.386. The van der Waals surface area contributed by atoms with Gasteiger partial charge >= 0.3 is 6.09 Å². The molecule has 2 aromatic carbocycles. The third kappa shape index (κ3) is 6.94. The van der Waals surface area contributed by atoms with Crippen LogP contribution in [0.25, 0.3) is 0 Å². The Morgan fingerprint density at radius 2 is 1.81 bits per heavy atom. The molecule has 1 atom stereocenters. The number of sulfone groups is 1. The lowest BCUT2D eigenvalue weighted by Gasteiger charge is -2.31. The topological polar surface area (TPSA) is 105 Å². The highest BCUT2D eigenvalue weighted by atomic mass is 32.2. The predicted molar refractivity (Wildman–Crippen MR) is 121 cm³/mol. The average molecular weight is 466 g/mol. The number of hydrogen-bond acceptors (Lipinski definition) is 7. The maximum Gasteiger partial charge on any atom is 0.429 e. The molecule has 174 valence electrons. The van der Waals surface area contributed by atoms with E-state index in [1.54, 1.807) is 39.0 Å². The van der Waals surface area contributed by atoms with Gasteiger partial charge in [-0.2, -0.15) is 0 Å². The van der Waals surface area contributed by atoms with Gasteiger partial charge in [-0.25, -0.2) is 22.6 Å². The van der Waals surface area contributed by atoms with Crippen LogP contribution in [0.4, 0.5) is 20.6 Å². The summed E-state index contributed by atoms with van der Waals surface area (Å²) in [4.78, 5) is 24.1. The van der Waals surface area contributed by atoms with Gasteiger partial charge in [-0.15, -0.1) is 0 Å². The van der Waals surface area contributed by atoms with Crippen LogP contribution in [0.3, 0.4) is 0 Å². The van der Waals surface area contributed by atoms with Crippen LogP contribution in [0, 0.1) is 5.82 Å². The Kier molecular flexibility index (Phi) is 7.84. The number of carbonyl (C=O) groups is 2. The van der Waals surface area contributed by atoms with Crippen LogP contribution < -0.4 is 10.7 Å². The van der Waals surface area contributed by atoms with E-state index in [9.17, 15) is 22.4 Å². The molecule has 0 heterocycles. The number of amides is 1. The van der Waals surface area contributed by atoms with Crippen molar-refractivity contribution in [3.05, 3.63) is 53.8 Å². The minimum Gasteiger partial charge on any atom is -0.442 e. The van der Waals surface area contributed by atoms with E-state index in [2.05, 4.69) is 10.7 Å². The van der Waals surface area contributed by atoms with Crippen molar-refractivity contribution in [3.63, 3.8) is 0 Å². The Bertz CT molecular complexity index is 1070. The van der Waals surface area contributed by atoms with E-state index in [0.29, 0.717) is 11.8 Å². The van der Waals surface area contributed by atoms with Gasteiger partial charge in [-0.3, -0.25) is 5.43 Å². The van der Waals surface area contributed by atoms with E-state index in [4.69, 9.17) is 4.74 Å². The normalized spacial score (nSPS) is 12.6. The van der Waals surface area contributed by atoms with Crippen LogP contribution in [0.5, 0.6) is 0 Å². The first-order chi connectivity index (χ1) is 14.8. The van der Waals surface area contributed by atoms with Crippen LogP contribution in [-0.2, 0) is 25.9 Å². The molecular weight excluding hydrogens is 437 g/mol. The molecule has 2 rings (SSSR count). The second kappa shape index (κ2) is 9.99. The van der Waals surface area contributed by atoms with Gasteiger partial charge in [0.25, 0.3) is 0 Å². The highest BCUT2D eigenvalue weighted by molar-refractivity contribution is 7.90. The fourth-order valence-corrected chi connectivity index (χ4v) is 3.60. The van der Waals surface area contributed by atoms with Crippen LogP contribution in [0.1, 0.15) is 33.3 Å². The minimum absolute atomic E-state index is 0.00694. The Labute approximate surface area is 187 Å². The minimum atomic E-state index is -3.64. The highest BCUT2D eigenvalue weighted by Gasteiger charge is 2.28. The summed E-state index contributed by atoms with van der Waals surface area (Å²) in [5, 5.41) is 4.03. The van der Waals surface area contributed by atoms with Crippen LogP contribution in [0.2, 0.25) is 0 Å². The van der Waals surface area contributed by atoms with Crippen molar-refractivity contribution in [3.8, 4) is 0 Å². The van der Waals surface area contributed by atoms with Gasteiger partial charge in [0.1, 0.15) is 23.7 Å². The van der Waals surface area contributed by atoms with E-state index in [-0.39, 0.29) is 28.6 Å². The quantitative estimate of drug-likeness (QED) is 0.449. The molecule has 0 fully saturated rings. The van der Waals surface area contributed by atoms with E-state index < -0.39 is 27.6 Å². The summed E-state index contributed by atoms with van der Waals surface area (Å²) in [6.07, 6.45) is 0.823. The monoisotopic (exact) mass is 465 g/mol. The number of anilines is 2. The zero-order chi connectivity index (χ0) is 24.1. The van der Waals surface area contributed by atoms with Gasteiger partial charge in [-0.05, 0) is 57.5 Å². The number of hydrazine groups is 1. The number of carbonyl (C=O) groups excluding carboxylic acids is 2. The molecule has 0 aromatic heterocycles. The van der Waals surface area contributed by atoms with E-state index >= 15 is 0 Å². The first-order valence-corrected chi connectivity index (χ1v) is 11.8. The number of ether oxygens (including phenoxy) is 1. The average Bonchev–Trinajstić information content (AvgIpc) is 2.69. The van der Waals surface area contributed by atoms with Gasteiger partial charge in [0.15, 0.2) is 9.84 Å². The first-order valence-electron chi connectivity index (χ1n) is 9.87. The molecular formula is C22H28FN3O5S. The van der Waals surface area contributed by atoms with Crippen molar-refractivity contribution < 1.29 is 27.1 Å². The molecule has 1 unspecified atom stereocenters. The van der Waals surface area contributed by atoms with Crippen molar-refractivity contribution in [1.82, 2.24) is 5.01 Å². The Morgan fingerprint density at radius 1 is 1.19 bits per heavy atom. The predicted octanol–water partition coefficient (Wildman–Crippen LogP) is 3.99. The third-order valence-electron chi connectivity index (χ3n) is 4.24. The Hall–Kier alpha value is -3.14. The summed E-state index contributed by atoms with van der Waals surface area (Å²) in [6.45, 7) is 6.75. The van der Waals surface area contributed by atoms with Crippen molar-refractivity contribution in [1.29, 1.82) is 0 Å². The number of hydrogen-bond donors (Lipinski definition) is 2. The van der Waals surface area contributed by atoms with Gasteiger partial charge in [0.05, 0.1) is 16.3 Å². The number of benzene rings is 2. The largest absolute Gasteiger partial charge is 0.442 e. The van der Waals surface area contributed by atoms with Crippen LogP contribution >= 0.6 is 0 Å². The molecule has 2 N–H and O–H groups in total. The van der Waals surface area contributed by atoms with E-state index in [0.717, 1.165) is 11.3 Å². The molecule has 0 bridgehead atoms. The second-order valence-corrected chi connectivity index (χ2v) is 10.3. The number of aldehydes is 1. The Balaban J connectivity index is 2.44. The third-order valence-corrected chi connectivity index (χ3v) is 5.38. The van der Waals surface area contributed by atoms with Crippen molar-refractivity contribution in [2.75, 3.05) is 17.0 Å². The number of para-hydroxylation sites is 1. The summed E-state index contributed by atoms with van der Waals surface area (Å²) < 4.78 is 43.3. The van der Waals surface area contributed by atoms with Gasteiger partial charge in [0.2, 0.25) is 0 Å². The first kappa shape index (κ1) is 25.1. The van der Waals surface area contributed by atoms with Crippen LogP contribution in [0.15, 0.2) is 47.4 Å². The summed E-state index contributed by atoms with van der Waals surface area (Å²) >= 11 is 0. The molecule has 2 aromatic rings. The number of nitrogens with zero attached hydrogens (tertiary/aromatic N) is 1. The van der Waals surface area contributed by atoms with Gasteiger partial charge in [-0.1, -0.05) is 18.2 Å². The number of halogens is 1. The molecule has 0 aliphatic carbocycles. The van der Waals surface area contributed by atoms with Gasteiger partial charge in [0, 0.05) is 12.8 Å². The van der Waals surface area contributed by atoms with E-state index in [1.807, 2.05) is 0 Å². The number of rotatable bonds is 8. The lowest BCUT2D eigenvalue weighted by atomic mass is 10.2. The van der Waals surface area contributed by atoms with Crippen molar-refractivity contribution in [2.24, 2.45) is 0 Å².